The largest absolute Gasteiger partial charge is 0.375 e. The van der Waals surface area contributed by atoms with E-state index in [-0.39, 0.29) is 5.91 Å². The Balaban J connectivity index is 2.17. The van der Waals surface area contributed by atoms with Crippen molar-refractivity contribution in [3.63, 3.8) is 0 Å². The molecular formula is C14H15N3OS. The zero-order chi connectivity index (χ0) is 13.6. The minimum absolute atomic E-state index is 0.0661. The van der Waals surface area contributed by atoms with Gasteiger partial charge in [-0.3, -0.25) is 4.79 Å². The number of nitrogens with two attached hydrogens (primary N) is 1. The van der Waals surface area contributed by atoms with E-state index in [1.807, 2.05) is 13.0 Å². The van der Waals surface area contributed by atoms with Crippen molar-refractivity contribution in [1.82, 2.24) is 4.98 Å². The number of benzene rings is 1. The lowest BCUT2D eigenvalue weighted by molar-refractivity contribution is -0.115. The van der Waals surface area contributed by atoms with Gasteiger partial charge < -0.3 is 11.1 Å². The molecule has 0 atom stereocenters. The van der Waals surface area contributed by atoms with E-state index < -0.39 is 0 Å². The third-order valence-corrected chi connectivity index (χ3v) is 4.18. The molecule has 4 nitrogen and oxygen atoms in total. The number of hydrogen-bond donors (Lipinski definition) is 2. The van der Waals surface area contributed by atoms with Crippen LogP contribution in [0.4, 0.5) is 10.8 Å². The van der Waals surface area contributed by atoms with E-state index in [9.17, 15) is 4.79 Å². The summed E-state index contributed by atoms with van der Waals surface area (Å²) in [6.45, 7) is 4.11. The standard InChI is InChI=1S/C14H15N3OS/c1-3-8-4-9(12-7(2)19-14(15)17-12)5-10-6-11(18)16-13(8)10/h4-5H,3,6H2,1-2H3,(H2,15,17)(H,16,18). The SMILES string of the molecule is CCc1cc(-c2nc(N)sc2C)cc2c1NC(=O)C2. The van der Waals surface area contributed by atoms with Crippen LogP contribution in [0, 0.1) is 6.92 Å². The van der Waals surface area contributed by atoms with Gasteiger partial charge in [0, 0.05) is 16.1 Å². The number of carbonyl (C=O) groups is 1. The topological polar surface area (TPSA) is 68.0 Å². The molecule has 2 aromatic rings. The van der Waals surface area contributed by atoms with Crippen molar-refractivity contribution in [1.29, 1.82) is 0 Å². The van der Waals surface area contributed by atoms with Gasteiger partial charge in [0.05, 0.1) is 12.1 Å². The van der Waals surface area contributed by atoms with Gasteiger partial charge in [-0.2, -0.15) is 0 Å². The molecule has 1 aliphatic rings. The molecule has 2 heterocycles. The van der Waals surface area contributed by atoms with E-state index in [4.69, 9.17) is 5.73 Å². The number of nitrogen functional groups attached to an aromatic ring is 1. The first-order valence-corrected chi connectivity index (χ1v) is 7.09. The summed E-state index contributed by atoms with van der Waals surface area (Å²) in [5.74, 6) is 0.0661. The Labute approximate surface area is 115 Å². The summed E-state index contributed by atoms with van der Waals surface area (Å²) >= 11 is 1.50. The minimum atomic E-state index is 0.0661. The van der Waals surface area contributed by atoms with Gasteiger partial charge in [-0.05, 0) is 36.6 Å². The van der Waals surface area contributed by atoms with Gasteiger partial charge in [0.2, 0.25) is 5.91 Å². The van der Waals surface area contributed by atoms with Crippen molar-refractivity contribution in [2.24, 2.45) is 0 Å². The number of amides is 1. The van der Waals surface area contributed by atoms with E-state index in [1.165, 1.54) is 11.3 Å². The molecule has 0 bridgehead atoms. The normalized spacial score (nSPS) is 13.5. The molecule has 3 rings (SSSR count). The fraction of sp³-hybridized carbons (Fsp3) is 0.286. The molecule has 1 aliphatic heterocycles. The molecule has 1 aromatic carbocycles. The highest BCUT2D eigenvalue weighted by Crippen LogP contribution is 2.35. The predicted molar refractivity (Wildman–Crippen MR) is 78.4 cm³/mol. The first kappa shape index (κ1) is 12.2. The summed E-state index contributed by atoms with van der Waals surface area (Å²) < 4.78 is 0. The maximum atomic E-state index is 11.5. The van der Waals surface area contributed by atoms with Gasteiger partial charge in [0.15, 0.2) is 5.13 Å². The highest BCUT2D eigenvalue weighted by atomic mass is 32.1. The number of fused-ring (bicyclic) bond motifs is 1. The molecule has 1 amide bonds. The quantitative estimate of drug-likeness (QED) is 0.884. The second kappa shape index (κ2) is 4.35. The molecule has 3 N–H and O–H groups in total. The average Bonchev–Trinajstić information content (AvgIpc) is 2.89. The first-order valence-electron chi connectivity index (χ1n) is 6.27. The van der Waals surface area contributed by atoms with Crippen molar-refractivity contribution < 1.29 is 4.79 Å². The van der Waals surface area contributed by atoms with E-state index >= 15 is 0 Å². The minimum Gasteiger partial charge on any atom is -0.375 e. The average molecular weight is 273 g/mol. The van der Waals surface area contributed by atoms with Crippen molar-refractivity contribution in [3.8, 4) is 11.3 Å². The molecular weight excluding hydrogens is 258 g/mol. The van der Waals surface area contributed by atoms with E-state index in [2.05, 4.69) is 23.3 Å². The highest BCUT2D eigenvalue weighted by Gasteiger charge is 2.22. The molecule has 5 heteroatoms. The van der Waals surface area contributed by atoms with Crippen LogP contribution in [-0.4, -0.2) is 10.9 Å². The molecule has 0 saturated carbocycles. The fourth-order valence-electron chi connectivity index (χ4n) is 2.52. The van der Waals surface area contributed by atoms with Crippen molar-refractivity contribution in [3.05, 3.63) is 28.1 Å². The maximum Gasteiger partial charge on any atom is 0.228 e. The number of rotatable bonds is 2. The van der Waals surface area contributed by atoms with Crippen LogP contribution in [-0.2, 0) is 17.6 Å². The van der Waals surface area contributed by atoms with Gasteiger partial charge in [-0.1, -0.05) is 6.92 Å². The van der Waals surface area contributed by atoms with E-state index in [0.29, 0.717) is 11.6 Å². The number of thiazole rings is 1. The van der Waals surface area contributed by atoms with Gasteiger partial charge in [0.1, 0.15) is 0 Å². The van der Waals surface area contributed by atoms with E-state index in [1.54, 1.807) is 0 Å². The highest BCUT2D eigenvalue weighted by molar-refractivity contribution is 7.15. The number of aryl methyl sites for hydroxylation is 2. The molecule has 0 fully saturated rings. The number of nitrogens with zero attached hydrogens (tertiary/aromatic N) is 1. The molecule has 0 saturated heterocycles. The van der Waals surface area contributed by atoms with Gasteiger partial charge >= 0.3 is 0 Å². The third-order valence-electron chi connectivity index (χ3n) is 3.38. The van der Waals surface area contributed by atoms with Crippen LogP contribution in [0.25, 0.3) is 11.3 Å². The van der Waals surface area contributed by atoms with Crippen LogP contribution in [0.5, 0.6) is 0 Å². The van der Waals surface area contributed by atoms with Crippen molar-refractivity contribution in [2.75, 3.05) is 11.1 Å². The summed E-state index contributed by atoms with van der Waals surface area (Å²) in [7, 11) is 0. The van der Waals surface area contributed by atoms with E-state index in [0.717, 1.165) is 39.4 Å². The summed E-state index contributed by atoms with van der Waals surface area (Å²) in [5, 5.41) is 3.52. The molecule has 0 aliphatic carbocycles. The number of hydrogen-bond acceptors (Lipinski definition) is 4. The Hall–Kier alpha value is -1.88. The molecule has 1 aromatic heterocycles. The summed E-state index contributed by atoms with van der Waals surface area (Å²) in [4.78, 5) is 17.0. The van der Waals surface area contributed by atoms with Crippen LogP contribution >= 0.6 is 11.3 Å². The van der Waals surface area contributed by atoms with Gasteiger partial charge in [-0.25, -0.2) is 4.98 Å². The molecule has 98 valence electrons. The monoisotopic (exact) mass is 273 g/mol. The Morgan fingerprint density at radius 1 is 1.47 bits per heavy atom. The lowest BCUT2D eigenvalue weighted by atomic mass is 9.99. The Bertz CT molecular complexity index is 676. The van der Waals surface area contributed by atoms with Crippen molar-refractivity contribution in [2.45, 2.75) is 26.7 Å². The summed E-state index contributed by atoms with van der Waals surface area (Å²) in [5.41, 5.74) is 10.9. The van der Waals surface area contributed by atoms with Crippen LogP contribution < -0.4 is 11.1 Å². The Kier molecular flexibility index (Phi) is 2.78. The molecule has 0 unspecified atom stereocenters. The van der Waals surface area contributed by atoms with Gasteiger partial charge in [-0.15, -0.1) is 11.3 Å². The van der Waals surface area contributed by atoms with Crippen LogP contribution in [0.3, 0.4) is 0 Å². The number of anilines is 2. The fourth-order valence-corrected chi connectivity index (χ4v) is 3.24. The zero-order valence-electron chi connectivity index (χ0n) is 10.9. The lowest BCUT2D eigenvalue weighted by Crippen LogP contribution is -2.04. The zero-order valence-corrected chi connectivity index (χ0v) is 11.7. The van der Waals surface area contributed by atoms with Crippen LogP contribution in [0.15, 0.2) is 12.1 Å². The number of nitrogens with one attached hydrogen (secondary N) is 1. The van der Waals surface area contributed by atoms with Crippen LogP contribution in [0.2, 0.25) is 0 Å². The number of aromatic nitrogens is 1. The predicted octanol–water partition coefficient (Wildman–Crippen LogP) is 2.76. The smallest absolute Gasteiger partial charge is 0.228 e. The maximum absolute atomic E-state index is 11.5. The Morgan fingerprint density at radius 2 is 2.26 bits per heavy atom. The summed E-state index contributed by atoms with van der Waals surface area (Å²) in [6, 6.07) is 4.15. The number of carbonyl (C=O) groups excluding carboxylic acids is 1. The third kappa shape index (κ3) is 2.00. The molecule has 0 spiro atoms. The lowest BCUT2D eigenvalue weighted by Gasteiger charge is -2.09. The van der Waals surface area contributed by atoms with Crippen molar-refractivity contribution >= 4 is 28.1 Å². The second-order valence-electron chi connectivity index (χ2n) is 4.70. The van der Waals surface area contributed by atoms with Crippen LogP contribution in [0.1, 0.15) is 22.9 Å². The molecule has 19 heavy (non-hydrogen) atoms. The second-order valence-corrected chi connectivity index (χ2v) is 5.94. The van der Waals surface area contributed by atoms with Gasteiger partial charge in [0.25, 0.3) is 0 Å². The first-order chi connectivity index (χ1) is 9.08. The Morgan fingerprint density at radius 3 is 2.89 bits per heavy atom. The molecule has 0 radical (unpaired) electrons. The summed E-state index contributed by atoms with van der Waals surface area (Å²) in [6.07, 6.45) is 1.34.